The van der Waals surface area contributed by atoms with Crippen LogP contribution in [-0.4, -0.2) is 28.3 Å². The smallest absolute Gasteiger partial charge is 0.277 e. The van der Waals surface area contributed by atoms with E-state index in [0.717, 1.165) is 23.9 Å². The Hall–Kier alpha value is -2.74. The molecule has 0 radical (unpaired) electrons. The summed E-state index contributed by atoms with van der Waals surface area (Å²) in [5, 5.41) is 7.46. The first kappa shape index (κ1) is 18.1. The number of hydrogen-bond donors (Lipinski definition) is 0. The van der Waals surface area contributed by atoms with E-state index >= 15 is 0 Å². The van der Waals surface area contributed by atoms with E-state index in [9.17, 15) is 13.6 Å². The van der Waals surface area contributed by atoms with Crippen LogP contribution in [0.4, 0.5) is 8.78 Å². The molecule has 0 aliphatic heterocycles. The van der Waals surface area contributed by atoms with Gasteiger partial charge in [-0.15, -0.1) is 10.2 Å². The van der Waals surface area contributed by atoms with Crippen LogP contribution in [0.2, 0.25) is 0 Å². The first-order valence-corrected chi connectivity index (χ1v) is 8.50. The minimum atomic E-state index is -1.07. The third-order valence-corrected chi connectivity index (χ3v) is 4.53. The lowest BCUT2D eigenvalue weighted by molar-refractivity contribution is 0.0993. The Labute approximate surface area is 152 Å². The molecule has 1 aromatic heterocycles. The molecule has 0 N–H and O–H groups in total. The van der Waals surface area contributed by atoms with Crippen LogP contribution >= 0.6 is 11.8 Å². The standard InChI is InChI=1S/C18H14F2N2O3S/c1-10(16(23)11-7-8-13(19)14(20)9-11)26-18-22-21-17(25-18)12-5-3-4-6-15(12)24-2/h3-10H,1-2H3. The first-order chi connectivity index (χ1) is 12.5. The van der Waals surface area contributed by atoms with Crippen molar-refractivity contribution in [1.82, 2.24) is 10.2 Å². The summed E-state index contributed by atoms with van der Waals surface area (Å²) in [5.41, 5.74) is 0.710. The number of thioether (sulfide) groups is 1. The molecule has 8 heteroatoms. The van der Waals surface area contributed by atoms with Crippen LogP contribution in [-0.2, 0) is 0 Å². The Bertz CT molecular complexity index is 946. The molecule has 1 atom stereocenters. The summed E-state index contributed by atoms with van der Waals surface area (Å²) in [4.78, 5) is 12.4. The van der Waals surface area contributed by atoms with Crippen molar-refractivity contribution >= 4 is 17.5 Å². The Morgan fingerprint density at radius 2 is 1.92 bits per heavy atom. The van der Waals surface area contributed by atoms with E-state index in [2.05, 4.69) is 10.2 Å². The van der Waals surface area contributed by atoms with Crippen LogP contribution < -0.4 is 4.74 Å². The van der Waals surface area contributed by atoms with E-state index in [4.69, 9.17) is 9.15 Å². The van der Waals surface area contributed by atoms with Gasteiger partial charge in [0, 0.05) is 5.56 Å². The number of para-hydroxylation sites is 1. The number of hydrogen-bond acceptors (Lipinski definition) is 6. The third kappa shape index (κ3) is 3.75. The van der Waals surface area contributed by atoms with Gasteiger partial charge in [0.25, 0.3) is 11.1 Å². The molecule has 3 aromatic rings. The summed E-state index contributed by atoms with van der Waals surface area (Å²) < 4.78 is 37.1. The fourth-order valence-corrected chi connectivity index (χ4v) is 3.04. The van der Waals surface area contributed by atoms with Crippen molar-refractivity contribution < 1.29 is 22.7 Å². The van der Waals surface area contributed by atoms with E-state index in [1.54, 1.807) is 19.1 Å². The third-order valence-electron chi connectivity index (χ3n) is 3.59. The molecule has 134 valence electrons. The minimum Gasteiger partial charge on any atom is -0.496 e. The SMILES string of the molecule is COc1ccccc1-c1nnc(SC(C)C(=O)c2ccc(F)c(F)c2)o1. The molecule has 0 aliphatic carbocycles. The largest absolute Gasteiger partial charge is 0.496 e. The number of nitrogens with zero attached hydrogens (tertiary/aromatic N) is 2. The van der Waals surface area contributed by atoms with Crippen molar-refractivity contribution in [3.63, 3.8) is 0 Å². The Morgan fingerprint density at radius 1 is 1.15 bits per heavy atom. The summed E-state index contributed by atoms with van der Waals surface area (Å²) in [6, 6.07) is 10.2. The lowest BCUT2D eigenvalue weighted by Gasteiger charge is -2.07. The molecule has 0 bridgehead atoms. The molecule has 0 spiro atoms. The highest BCUT2D eigenvalue weighted by Crippen LogP contribution is 2.32. The van der Waals surface area contributed by atoms with Gasteiger partial charge in [0.2, 0.25) is 0 Å². The summed E-state index contributed by atoms with van der Waals surface area (Å²) in [5.74, 6) is -1.59. The minimum absolute atomic E-state index is 0.0772. The summed E-state index contributed by atoms with van der Waals surface area (Å²) >= 11 is 1.04. The molecule has 0 saturated heterocycles. The predicted molar refractivity (Wildman–Crippen MR) is 92.3 cm³/mol. The maximum absolute atomic E-state index is 13.3. The lowest BCUT2D eigenvalue weighted by atomic mass is 10.1. The zero-order chi connectivity index (χ0) is 18.7. The molecular formula is C18H14F2N2O3S. The zero-order valence-electron chi connectivity index (χ0n) is 13.9. The van der Waals surface area contributed by atoms with Gasteiger partial charge in [-0.2, -0.15) is 0 Å². The van der Waals surface area contributed by atoms with Gasteiger partial charge in [0.15, 0.2) is 17.4 Å². The normalized spacial score (nSPS) is 12.0. The predicted octanol–water partition coefficient (Wildman–Crippen LogP) is 4.39. The van der Waals surface area contributed by atoms with Crippen molar-refractivity contribution in [3.05, 3.63) is 59.7 Å². The number of methoxy groups -OCH3 is 1. The average molecular weight is 376 g/mol. The van der Waals surface area contributed by atoms with E-state index in [0.29, 0.717) is 11.3 Å². The molecule has 2 aromatic carbocycles. The fraction of sp³-hybridized carbons (Fsp3) is 0.167. The number of carbonyl (C=O) groups excluding carboxylic acids is 1. The van der Waals surface area contributed by atoms with Gasteiger partial charge < -0.3 is 9.15 Å². The van der Waals surface area contributed by atoms with Crippen molar-refractivity contribution in [2.45, 2.75) is 17.4 Å². The Kier molecular flexibility index (Phi) is 5.32. The van der Waals surface area contributed by atoms with Gasteiger partial charge in [-0.1, -0.05) is 23.9 Å². The van der Waals surface area contributed by atoms with Crippen molar-refractivity contribution in [1.29, 1.82) is 0 Å². The molecule has 0 amide bonds. The van der Waals surface area contributed by atoms with E-state index in [-0.39, 0.29) is 22.5 Å². The lowest BCUT2D eigenvalue weighted by Crippen LogP contribution is -2.14. The summed E-state index contributed by atoms with van der Waals surface area (Å²) in [7, 11) is 1.54. The molecule has 3 rings (SSSR count). The number of aromatic nitrogens is 2. The van der Waals surface area contributed by atoms with Crippen LogP contribution in [0, 0.1) is 11.6 Å². The summed E-state index contributed by atoms with van der Waals surface area (Å²) in [6.45, 7) is 1.63. The highest BCUT2D eigenvalue weighted by molar-refractivity contribution is 8.00. The maximum atomic E-state index is 13.3. The Balaban J connectivity index is 1.76. The fourth-order valence-electron chi connectivity index (χ4n) is 2.28. The van der Waals surface area contributed by atoms with Crippen molar-refractivity contribution in [2.24, 2.45) is 0 Å². The van der Waals surface area contributed by atoms with Gasteiger partial charge in [0.1, 0.15) is 5.75 Å². The average Bonchev–Trinajstić information content (AvgIpc) is 3.11. The Morgan fingerprint density at radius 3 is 2.65 bits per heavy atom. The highest BCUT2D eigenvalue weighted by atomic mass is 32.2. The second-order valence-electron chi connectivity index (χ2n) is 5.33. The monoisotopic (exact) mass is 376 g/mol. The second kappa shape index (κ2) is 7.65. The van der Waals surface area contributed by atoms with Crippen LogP contribution in [0.25, 0.3) is 11.5 Å². The second-order valence-corrected chi connectivity index (χ2v) is 6.62. The topological polar surface area (TPSA) is 65.2 Å². The molecule has 26 heavy (non-hydrogen) atoms. The number of halogens is 2. The molecule has 0 saturated carbocycles. The van der Waals surface area contributed by atoms with Gasteiger partial charge in [-0.05, 0) is 37.3 Å². The molecule has 5 nitrogen and oxygen atoms in total. The molecule has 0 aliphatic rings. The molecular weight excluding hydrogens is 362 g/mol. The van der Waals surface area contributed by atoms with Gasteiger partial charge in [0.05, 0.1) is 17.9 Å². The quantitative estimate of drug-likeness (QED) is 0.470. The van der Waals surface area contributed by atoms with Crippen LogP contribution in [0.3, 0.4) is 0 Å². The number of rotatable bonds is 6. The van der Waals surface area contributed by atoms with Gasteiger partial charge in [-0.3, -0.25) is 4.79 Å². The van der Waals surface area contributed by atoms with Crippen LogP contribution in [0.15, 0.2) is 52.1 Å². The zero-order valence-corrected chi connectivity index (χ0v) is 14.7. The number of carbonyl (C=O) groups is 1. The van der Waals surface area contributed by atoms with Crippen molar-refractivity contribution in [2.75, 3.05) is 7.11 Å². The number of ether oxygens (including phenoxy) is 1. The number of ketones is 1. The molecule has 0 fully saturated rings. The number of Topliss-reactive ketones (excluding diaryl/α,β-unsaturated/α-hetero) is 1. The van der Waals surface area contributed by atoms with Gasteiger partial charge in [-0.25, -0.2) is 8.78 Å². The molecule has 1 heterocycles. The van der Waals surface area contributed by atoms with E-state index in [1.807, 2.05) is 12.1 Å². The highest BCUT2D eigenvalue weighted by Gasteiger charge is 2.21. The van der Waals surface area contributed by atoms with Crippen LogP contribution in [0.5, 0.6) is 5.75 Å². The van der Waals surface area contributed by atoms with E-state index < -0.39 is 16.9 Å². The van der Waals surface area contributed by atoms with E-state index in [1.165, 1.54) is 13.2 Å². The maximum Gasteiger partial charge on any atom is 0.277 e. The van der Waals surface area contributed by atoms with Crippen LogP contribution in [0.1, 0.15) is 17.3 Å². The first-order valence-electron chi connectivity index (χ1n) is 7.62. The molecule has 1 unspecified atom stereocenters. The van der Waals surface area contributed by atoms with Gasteiger partial charge >= 0.3 is 0 Å². The van der Waals surface area contributed by atoms with Crippen molar-refractivity contribution in [3.8, 4) is 17.2 Å². The number of benzene rings is 2. The summed E-state index contributed by atoms with van der Waals surface area (Å²) in [6.07, 6.45) is 0.